The summed E-state index contributed by atoms with van der Waals surface area (Å²) in [5, 5.41) is 3.40. The Labute approximate surface area is 186 Å². The van der Waals surface area contributed by atoms with Gasteiger partial charge >= 0.3 is 0 Å². The van der Waals surface area contributed by atoms with Crippen LogP contribution in [0, 0.1) is 17.3 Å². The van der Waals surface area contributed by atoms with Crippen LogP contribution >= 0.6 is 0 Å². The van der Waals surface area contributed by atoms with Gasteiger partial charge in [0.25, 0.3) is 0 Å². The van der Waals surface area contributed by atoms with Gasteiger partial charge in [-0.3, -0.25) is 9.59 Å². The van der Waals surface area contributed by atoms with Gasteiger partial charge in [0.2, 0.25) is 11.8 Å². The van der Waals surface area contributed by atoms with Gasteiger partial charge in [-0.05, 0) is 42.9 Å². The number of amides is 2. The zero-order valence-electron chi connectivity index (χ0n) is 19.4. The summed E-state index contributed by atoms with van der Waals surface area (Å²) in [6.07, 6.45) is 10.6. The summed E-state index contributed by atoms with van der Waals surface area (Å²) in [6, 6.07) is -0.464. The fraction of sp³-hybridized carbons (Fsp3) is 0.792. The highest BCUT2D eigenvalue weighted by molar-refractivity contribution is 5.90. The van der Waals surface area contributed by atoms with Crippen LogP contribution in [0.15, 0.2) is 12.4 Å². The maximum atomic E-state index is 13.6. The van der Waals surface area contributed by atoms with Crippen LogP contribution in [0.25, 0.3) is 0 Å². The zero-order chi connectivity index (χ0) is 22.0. The second-order valence-corrected chi connectivity index (χ2v) is 11.0. The molecular formula is C24H39N5O2. The topological polar surface area (TPSA) is 81.3 Å². The Morgan fingerprint density at radius 3 is 2.52 bits per heavy atom. The monoisotopic (exact) mass is 429 g/mol. The van der Waals surface area contributed by atoms with E-state index in [-0.39, 0.29) is 29.3 Å². The molecule has 3 fully saturated rings. The molecule has 1 saturated carbocycles. The molecule has 1 aliphatic carbocycles. The number of H-pyrrole nitrogens is 1. The van der Waals surface area contributed by atoms with Crippen molar-refractivity contribution in [2.75, 3.05) is 26.2 Å². The van der Waals surface area contributed by atoms with E-state index in [1.807, 2.05) is 16.0 Å². The number of hydrogen-bond donors (Lipinski definition) is 2. The molecule has 31 heavy (non-hydrogen) atoms. The molecule has 0 aromatic carbocycles. The van der Waals surface area contributed by atoms with Gasteiger partial charge in [-0.1, -0.05) is 33.6 Å². The Bertz CT molecular complexity index is 745. The first-order valence-corrected chi connectivity index (χ1v) is 12.1. The van der Waals surface area contributed by atoms with Crippen molar-refractivity contribution in [1.82, 2.24) is 25.1 Å². The minimum Gasteiger partial charge on any atom is -0.349 e. The number of carbonyl (C=O) groups excluding carboxylic acids is 2. The Balaban J connectivity index is 1.39. The Morgan fingerprint density at radius 2 is 1.90 bits per heavy atom. The summed E-state index contributed by atoms with van der Waals surface area (Å²) in [4.78, 5) is 38.4. The predicted molar refractivity (Wildman–Crippen MR) is 120 cm³/mol. The van der Waals surface area contributed by atoms with Gasteiger partial charge in [-0.25, -0.2) is 4.98 Å². The molecule has 0 bridgehead atoms. The van der Waals surface area contributed by atoms with Crippen LogP contribution in [0.2, 0.25) is 0 Å². The molecule has 7 nitrogen and oxygen atoms in total. The number of likely N-dealkylation sites (tertiary alicyclic amines) is 1. The van der Waals surface area contributed by atoms with Gasteiger partial charge in [-0.15, -0.1) is 0 Å². The average molecular weight is 430 g/mol. The Kier molecular flexibility index (Phi) is 6.70. The van der Waals surface area contributed by atoms with Crippen molar-refractivity contribution in [3.05, 3.63) is 18.2 Å². The molecule has 1 aromatic rings. The van der Waals surface area contributed by atoms with Crippen molar-refractivity contribution in [2.45, 2.75) is 77.8 Å². The quantitative estimate of drug-likeness (QED) is 0.698. The zero-order valence-corrected chi connectivity index (χ0v) is 19.4. The van der Waals surface area contributed by atoms with Crippen LogP contribution in [0.3, 0.4) is 0 Å². The summed E-state index contributed by atoms with van der Waals surface area (Å²) >= 11 is 0. The third-order valence-corrected chi connectivity index (χ3v) is 7.02. The number of nitrogens with one attached hydrogen (secondary N) is 2. The number of aromatic nitrogens is 2. The number of hydrogen-bond acceptors (Lipinski definition) is 4. The minimum atomic E-state index is -0.286. The van der Waals surface area contributed by atoms with Crippen LogP contribution in [-0.4, -0.2) is 69.8 Å². The minimum absolute atomic E-state index is 0.0716. The Morgan fingerprint density at radius 1 is 1.16 bits per heavy atom. The van der Waals surface area contributed by atoms with Crippen molar-refractivity contribution in [3.63, 3.8) is 0 Å². The lowest BCUT2D eigenvalue weighted by molar-refractivity contribution is -0.150. The molecule has 7 heteroatoms. The van der Waals surface area contributed by atoms with E-state index >= 15 is 0 Å². The lowest BCUT2D eigenvalue weighted by atomic mass is 9.86. The van der Waals surface area contributed by atoms with E-state index < -0.39 is 0 Å². The molecule has 1 aromatic heterocycles. The third-order valence-electron chi connectivity index (χ3n) is 7.02. The molecule has 3 heterocycles. The molecule has 3 aliphatic rings. The van der Waals surface area contributed by atoms with Crippen molar-refractivity contribution < 1.29 is 9.59 Å². The highest BCUT2D eigenvalue weighted by atomic mass is 16.2. The van der Waals surface area contributed by atoms with Crippen LogP contribution in [0.5, 0.6) is 0 Å². The van der Waals surface area contributed by atoms with E-state index in [9.17, 15) is 9.59 Å². The largest absolute Gasteiger partial charge is 0.349 e. The highest BCUT2D eigenvalue weighted by Crippen LogP contribution is 2.36. The maximum absolute atomic E-state index is 13.6. The predicted octanol–water partition coefficient (Wildman–Crippen LogP) is 2.60. The molecule has 2 saturated heterocycles. The normalized spacial score (nSPS) is 24.5. The number of carbonyl (C=O) groups is 2. The van der Waals surface area contributed by atoms with Gasteiger partial charge in [0.05, 0.1) is 6.04 Å². The summed E-state index contributed by atoms with van der Waals surface area (Å²) in [5.74, 6) is 2.50. The maximum Gasteiger partial charge on any atom is 0.245 e. The first-order chi connectivity index (χ1) is 14.8. The van der Waals surface area contributed by atoms with E-state index in [1.165, 1.54) is 12.8 Å². The fourth-order valence-corrected chi connectivity index (χ4v) is 5.12. The molecule has 4 rings (SSSR count). The van der Waals surface area contributed by atoms with Crippen LogP contribution in [0.4, 0.5) is 0 Å². The summed E-state index contributed by atoms with van der Waals surface area (Å²) in [7, 11) is 0. The second kappa shape index (κ2) is 9.31. The Hall–Kier alpha value is -1.89. The summed E-state index contributed by atoms with van der Waals surface area (Å²) in [5.41, 5.74) is 0.0716. The van der Waals surface area contributed by atoms with E-state index in [0.717, 1.165) is 57.6 Å². The van der Waals surface area contributed by atoms with Crippen molar-refractivity contribution in [2.24, 2.45) is 17.3 Å². The SMILES string of the molecule is CC(C)(C)C[C@@H]1NCCN(C(CC2CC2)C(=O)N2CCC(Cc3ncc[nH]3)CC2)C1=O. The first kappa shape index (κ1) is 22.3. The average Bonchev–Trinajstić information content (AvgIpc) is 3.40. The molecule has 2 amide bonds. The summed E-state index contributed by atoms with van der Waals surface area (Å²) in [6.45, 7) is 9.49. The number of imidazole rings is 1. The van der Waals surface area contributed by atoms with E-state index in [1.54, 1.807) is 6.20 Å². The molecule has 172 valence electrons. The lowest BCUT2D eigenvalue weighted by Crippen LogP contribution is -2.62. The van der Waals surface area contributed by atoms with Gasteiger partial charge in [0.15, 0.2) is 0 Å². The molecule has 2 N–H and O–H groups in total. The number of piperazine rings is 1. The number of rotatable bonds is 7. The van der Waals surface area contributed by atoms with Gasteiger partial charge < -0.3 is 20.1 Å². The molecular weight excluding hydrogens is 390 g/mol. The fourth-order valence-electron chi connectivity index (χ4n) is 5.12. The van der Waals surface area contributed by atoms with E-state index in [2.05, 4.69) is 36.1 Å². The number of nitrogens with zero attached hydrogens (tertiary/aromatic N) is 3. The van der Waals surface area contributed by atoms with Crippen LogP contribution in [-0.2, 0) is 16.0 Å². The van der Waals surface area contributed by atoms with Crippen molar-refractivity contribution >= 4 is 11.8 Å². The van der Waals surface area contributed by atoms with Crippen molar-refractivity contribution in [3.8, 4) is 0 Å². The van der Waals surface area contributed by atoms with E-state index in [0.29, 0.717) is 18.4 Å². The van der Waals surface area contributed by atoms with Gasteiger partial charge in [0, 0.05) is 45.0 Å². The van der Waals surface area contributed by atoms with E-state index in [4.69, 9.17) is 0 Å². The van der Waals surface area contributed by atoms with Crippen molar-refractivity contribution in [1.29, 1.82) is 0 Å². The number of aromatic amines is 1. The molecule has 0 radical (unpaired) electrons. The summed E-state index contributed by atoms with van der Waals surface area (Å²) < 4.78 is 0. The third kappa shape index (κ3) is 5.88. The molecule has 0 spiro atoms. The van der Waals surface area contributed by atoms with Crippen LogP contribution < -0.4 is 5.32 Å². The molecule has 2 atom stereocenters. The standard InChI is InChI=1S/C24H39N5O2/c1-24(2,3)16-19-22(30)29(13-10-25-19)20(14-17-4-5-17)23(31)28-11-6-18(7-12-28)15-21-26-8-9-27-21/h8-9,17-20,25H,4-7,10-16H2,1-3H3,(H,26,27)/t19-,20?/m0/s1. The van der Waals surface area contributed by atoms with Crippen LogP contribution in [0.1, 0.15) is 65.1 Å². The van der Waals surface area contributed by atoms with Gasteiger partial charge in [0.1, 0.15) is 11.9 Å². The second-order valence-electron chi connectivity index (χ2n) is 11.0. The first-order valence-electron chi connectivity index (χ1n) is 12.1. The smallest absolute Gasteiger partial charge is 0.245 e. The highest BCUT2D eigenvalue weighted by Gasteiger charge is 2.42. The molecule has 1 unspecified atom stereocenters. The number of piperidine rings is 1. The van der Waals surface area contributed by atoms with Gasteiger partial charge in [-0.2, -0.15) is 0 Å². The lowest BCUT2D eigenvalue weighted by Gasteiger charge is -2.42. The molecule has 2 aliphatic heterocycles.